The molecule has 0 aromatic heterocycles. The minimum atomic E-state index is -0.253. The monoisotopic (exact) mass is 146 g/mol. The summed E-state index contributed by atoms with van der Waals surface area (Å²) in [6.45, 7) is 3.32. The van der Waals surface area contributed by atoms with Crippen molar-refractivity contribution >= 4 is 0 Å². The number of rotatable bonds is 2. The van der Waals surface area contributed by atoms with Gasteiger partial charge in [0, 0.05) is 25.2 Å². The van der Waals surface area contributed by atoms with Crippen LogP contribution in [0.1, 0.15) is 13.3 Å². The summed E-state index contributed by atoms with van der Waals surface area (Å²) in [6.07, 6.45) is 1.02. The average Bonchev–Trinajstić information content (AvgIpc) is 2.20. The average molecular weight is 146 g/mol. The highest BCUT2D eigenvalue weighted by Crippen LogP contribution is 2.14. The second-order valence-electron chi connectivity index (χ2n) is 2.92. The summed E-state index contributed by atoms with van der Waals surface area (Å²) in [5.74, 6) is 0. The van der Waals surface area contributed by atoms with Crippen LogP contribution < -0.4 is 5.73 Å². The normalized spacial score (nSPS) is 35.1. The molecule has 0 bridgehead atoms. The maximum absolute atomic E-state index is 11.9. The summed E-state index contributed by atoms with van der Waals surface area (Å²) in [5, 5.41) is 0. The molecule has 60 valence electrons. The zero-order valence-corrected chi connectivity index (χ0v) is 6.39. The lowest BCUT2D eigenvalue weighted by molar-refractivity contribution is 0.236. The number of nitrogens with two attached hydrogens (primary N) is 1. The van der Waals surface area contributed by atoms with Crippen LogP contribution >= 0.6 is 0 Å². The van der Waals surface area contributed by atoms with Gasteiger partial charge in [-0.1, -0.05) is 0 Å². The van der Waals surface area contributed by atoms with Crippen LogP contribution in [0.5, 0.6) is 0 Å². The molecule has 0 spiro atoms. The first-order valence-electron chi connectivity index (χ1n) is 3.81. The van der Waals surface area contributed by atoms with Gasteiger partial charge in [-0.15, -0.1) is 0 Å². The third kappa shape index (κ3) is 1.47. The van der Waals surface area contributed by atoms with Gasteiger partial charge >= 0.3 is 0 Å². The van der Waals surface area contributed by atoms with Gasteiger partial charge in [-0.25, -0.2) is 4.39 Å². The van der Waals surface area contributed by atoms with Crippen LogP contribution in [-0.4, -0.2) is 36.7 Å². The number of alkyl halides is 1. The molecule has 0 amide bonds. The Balaban J connectivity index is 2.33. The minimum Gasteiger partial charge on any atom is -0.326 e. The fraction of sp³-hybridized carbons (Fsp3) is 1.00. The molecule has 1 fully saturated rings. The molecular formula is C7H15FN2. The van der Waals surface area contributed by atoms with E-state index < -0.39 is 0 Å². The summed E-state index contributed by atoms with van der Waals surface area (Å²) in [6, 6.07) is 0.627. The smallest absolute Gasteiger partial charge is 0.102 e. The van der Waals surface area contributed by atoms with E-state index >= 15 is 0 Å². The van der Waals surface area contributed by atoms with E-state index in [0.29, 0.717) is 12.6 Å². The quantitative estimate of drug-likeness (QED) is 0.610. The van der Waals surface area contributed by atoms with E-state index in [0.717, 1.165) is 13.0 Å². The Bertz CT molecular complexity index is 106. The molecule has 0 aliphatic carbocycles. The Kier molecular flexibility index (Phi) is 2.63. The fourth-order valence-electron chi connectivity index (χ4n) is 1.45. The lowest BCUT2D eigenvalue weighted by Crippen LogP contribution is -2.37. The molecule has 0 aromatic carbocycles. The van der Waals surface area contributed by atoms with Gasteiger partial charge in [0.1, 0.15) is 6.67 Å². The Morgan fingerprint density at radius 2 is 2.40 bits per heavy atom. The first-order valence-corrected chi connectivity index (χ1v) is 3.81. The summed E-state index contributed by atoms with van der Waals surface area (Å²) < 4.78 is 11.9. The van der Waals surface area contributed by atoms with E-state index in [1.54, 1.807) is 0 Å². The van der Waals surface area contributed by atoms with E-state index in [1.807, 2.05) is 0 Å². The third-order valence-corrected chi connectivity index (χ3v) is 2.32. The van der Waals surface area contributed by atoms with E-state index in [-0.39, 0.29) is 12.7 Å². The summed E-state index contributed by atoms with van der Waals surface area (Å²) in [7, 11) is 0. The second kappa shape index (κ2) is 3.30. The molecule has 1 saturated heterocycles. The van der Waals surface area contributed by atoms with Gasteiger partial charge in [-0.05, 0) is 13.3 Å². The number of likely N-dealkylation sites (tertiary alicyclic amines) is 1. The maximum Gasteiger partial charge on any atom is 0.102 e. The van der Waals surface area contributed by atoms with E-state index in [4.69, 9.17) is 5.73 Å². The number of hydrogen-bond donors (Lipinski definition) is 1. The van der Waals surface area contributed by atoms with Gasteiger partial charge in [-0.3, -0.25) is 4.90 Å². The molecule has 2 unspecified atom stereocenters. The Labute approximate surface area is 61.2 Å². The maximum atomic E-state index is 11.9. The van der Waals surface area contributed by atoms with Crippen molar-refractivity contribution in [3.63, 3.8) is 0 Å². The van der Waals surface area contributed by atoms with Crippen molar-refractivity contribution < 1.29 is 4.39 Å². The fourth-order valence-corrected chi connectivity index (χ4v) is 1.45. The molecule has 1 rings (SSSR count). The van der Waals surface area contributed by atoms with E-state index in [1.165, 1.54) is 0 Å². The number of hydrogen-bond acceptors (Lipinski definition) is 2. The largest absolute Gasteiger partial charge is 0.326 e. The molecule has 1 heterocycles. The predicted octanol–water partition coefficient (Wildman–Crippen LogP) is 0.377. The van der Waals surface area contributed by atoms with Crippen LogP contribution in [-0.2, 0) is 0 Å². The van der Waals surface area contributed by atoms with Crippen LogP contribution in [0.25, 0.3) is 0 Å². The Hall–Kier alpha value is -0.150. The van der Waals surface area contributed by atoms with Gasteiger partial charge in [0.2, 0.25) is 0 Å². The first kappa shape index (κ1) is 7.95. The molecule has 1 aliphatic heterocycles. The molecule has 2 nitrogen and oxygen atoms in total. The standard InChI is InChI=1S/C7H15FN2/c1-6-7(9)2-4-10(6)5-3-8/h6-7H,2-5,9H2,1H3. The molecule has 2 atom stereocenters. The minimum absolute atomic E-state index is 0.253. The van der Waals surface area contributed by atoms with Crippen molar-refractivity contribution in [1.29, 1.82) is 0 Å². The van der Waals surface area contributed by atoms with Crippen molar-refractivity contribution in [2.45, 2.75) is 25.4 Å². The zero-order chi connectivity index (χ0) is 7.56. The van der Waals surface area contributed by atoms with Crippen molar-refractivity contribution in [2.75, 3.05) is 19.8 Å². The van der Waals surface area contributed by atoms with Crippen LogP contribution in [0, 0.1) is 0 Å². The van der Waals surface area contributed by atoms with E-state index in [2.05, 4.69) is 11.8 Å². The lowest BCUT2D eigenvalue weighted by Gasteiger charge is -2.20. The molecule has 3 heteroatoms. The first-order chi connectivity index (χ1) is 4.75. The number of nitrogens with zero attached hydrogens (tertiary/aromatic N) is 1. The molecule has 2 N–H and O–H groups in total. The Morgan fingerprint density at radius 1 is 1.70 bits per heavy atom. The van der Waals surface area contributed by atoms with Crippen molar-refractivity contribution in [2.24, 2.45) is 5.73 Å². The number of halogens is 1. The highest BCUT2D eigenvalue weighted by Gasteiger charge is 2.26. The zero-order valence-electron chi connectivity index (χ0n) is 6.39. The topological polar surface area (TPSA) is 29.3 Å². The second-order valence-corrected chi connectivity index (χ2v) is 2.92. The van der Waals surface area contributed by atoms with Gasteiger partial charge in [0.25, 0.3) is 0 Å². The third-order valence-electron chi connectivity index (χ3n) is 2.32. The van der Waals surface area contributed by atoms with Crippen molar-refractivity contribution in [1.82, 2.24) is 4.90 Å². The lowest BCUT2D eigenvalue weighted by atomic mass is 10.2. The summed E-state index contributed by atoms with van der Waals surface area (Å²) >= 11 is 0. The molecule has 10 heavy (non-hydrogen) atoms. The van der Waals surface area contributed by atoms with Crippen LogP contribution in [0.2, 0.25) is 0 Å². The molecular weight excluding hydrogens is 131 g/mol. The SMILES string of the molecule is CC1C(N)CCN1CCF. The van der Waals surface area contributed by atoms with E-state index in [9.17, 15) is 4.39 Å². The molecule has 0 saturated carbocycles. The summed E-state index contributed by atoms with van der Waals surface area (Å²) in [5.41, 5.74) is 5.73. The molecule has 1 aliphatic rings. The molecule has 0 radical (unpaired) electrons. The van der Waals surface area contributed by atoms with Gasteiger partial charge in [0.05, 0.1) is 0 Å². The van der Waals surface area contributed by atoms with Gasteiger partial charge < -0.3 is 5.73 Å². The van der Waals surface area contributed by atoms with Crippen molar-refractivity contribution in [3.05, 3.63) is 0 Å². The Morgan fingerprint density at radius 3 is 2.80 bits per heavy atom. The van der Waals surface area contributed by atoms with Gasteiger partial charge in [-0.2, -0.15) is 0 Å². The van der Waals surface area contributed by atoms with Crippen LogP contribution in [0.15, 0.2) is 0 Å². The van der Waals surface area contributed by atoms with Crippen molar-refractivity contribution in [3.8, 4) is 0 Å². The van der Waals surface area contributed by atoms with Crippen LogP contribution in [0.4, 0.5) is 4.39 Å². The summed E-state index contributed by atoms with van der Waals surface area (Å²) in [4.78, 5) is 2.10. The highest BCUT2D eigenvalue weighted by molar-refractivity contribution is 4.85. The molecule has 0 aromatic rings. The van der Waals surface area contributed by atoms with Gasteiger partial charge in [0.15, 0.2) is 0 Å². The van der Waals surface area contributed by atoms with Crippen LogP contribution in [0.3, 0.4) is 0 Å². The highest BCUT2D eigenvalue weighted by atomic mass is 19.1. The predicted molar refractivity (Wildman–Crippen MR) is 39.6 cm³/mol.